The lowest BCUT2D eigenvalue weighted by Gasteiger charge is -2.51. The van der Waals surface area contributed by atoms with Crippen LogP contribution in [0.3, 0.4) is 0 Å². The average molecular weight is 184 g/mol. The van der Waals surface area contributed by atoms with Crippen molar-refractivity contribution in [2.45, 2.75) is 13.3 Å². The molecule has 13 heavy (non-hydrogen) atoms. The number of hydrogen-bond donors (Lipinski definition) is 1. The molecule has 1 atom stereocenters. The number of ether oxygens (including phenoxy) is 1. The van der Waals surface area contributed by atoms with Crippen LogP contribution in [0.25, 0.3) is 0 Å². The van der Waals surface area contributed by atoms with Gasteiger partial charge >= 0.3 is 0 Å². The van der Waals surface area contributed by atoms with Gasteiger partial charge in [0, 0.05) is 25.0 Å². The van der Waals surface area contributed by atoms with Gasteiger partial charge in [0.15, 0.2) is 0 Å². The quantitative estimate of drug-likeness (QED) is 0.671. The van der Waals surface area contributed by atoms with E-state index in [1.165, 1.54) is 19.5 Å². The van der Waals surface area contributed by atoms with Gasteiger partial charge < -0.3 is 15.4 Å². The molecule has 1 spiro atoms. The first-order valence-electron chi connectivity index (χ1n) is 5.27. The van der Waals surface area contributed by atoms with Gasteiger partial charge in [0.2, 0.25) is 0 Å². The van der Waals surface area contributed by atoms with E-state index in [4.69, 9.17) is 10.5 Å². The topological polar surface area (TPSA) is 38.5 Å². The van der Waals surface area contributed by atoms with E-state index < -0.39 is 0 Å². The molecule has 1 unspecified atom stereocenters. The Labute approximate surface area is 80.2 Å². The van der Waals surface area contributed by atoms with Gasteiger partial charge in [0.05, 0.1) is 13.2 Å². The molecule has 76 valence electrons. The van der Waals surface area contributed by atoms with Crippen LogP contribution in [0.1, 0.15) is 13.3 Å². The van der Waals surface area contributed by atoms with Crippen molar-refractivity contribution in [1.82, 2.24) is 4.90 Å². The van der Waals surface area contributed by atoms with Crippen LogP contribution in [0.2, 0.25) is 0 Å². The number of nitrogens with zero attached hydrogens (tertiary/aromatic N) is 1. The third kappa shape index (κ3) is 1.60. The fourth-order valence-corrected chi connectivity index (χ4v) is 2.48. The van der Waals surface area contributed by atoms with Crippen LogP contribution < -0.4 is 5.73 Å². The fraction of sp³-hybridized carbons (Fsp3) is 1.00. The zero-order valence-corrected chi connectivity index (χ0v) is 8.46. The van der Waals surface area contributed by atoms with Crippen molar-refractivity contribution >= 4 is 0 Å². The van der Waals surface area contributed by atoms with Crippen molar-refractivity contribution in [3.8, 4) is 0 Å². The molecule has 0 aliphatic carbocycles. The summed E-state index contributed by atoms with van der Waals surface area (Å²) in [5.41, 5.74) is 6.09. The SMILES string of the molecule is CC1CN(CCN)CCC12COC2. The largest absolute Gasteiger partial charge is 0.380 e. The van der Waals surface area contributed by atoms with E-state index in [0.29, 0.717) is 5.41 Å². The van der Waals surface area contributed by atoms with Gasteiger partial charge in [0.1, 0.15) is 0 Å². The Kier molecular flexibility index (Phi) is 2.58. The van der Waals surface area contributed by atoms with Crippen molar-refractivity contribution < 1.29 is 4.74 Å². The summed E-state index contributed by atoms with van der Waals surface area (Å²) in [5, 5.41) is 0. The number of likely N-dealkylation sites (tertiary alicyclic amines) is 1. The molecule has 0 aromatic carbocycles. The smallest absolute Gasteiger partial charge is 0.0548 e. The fourth-order valence-electron chi connectivity index (χ4n) is 2.48. The lowest BCUT2D eigenvalue weighted by atomic mass is 9.69. The zero-order chi connectivity index (χ0) is 9.31. The molecule has 2 fully saturated rings. The van der Waals surface area contributed by atoms with Gasteiger partial charge in [-0.1, -0.05) is 6.92 Å². The Bertz CT molecular complexity index is 180. The minimum atomic E-state index is 0.533. The molecule has 2 heterocycles. The second-order valence-corrected chi connectivity index (χ2v) is 4.60. The maximum absolute atomic E-state index is 5.55. The molecule has 0 aromatic heterocycles. The maximum atomic E-state index is 5.55. The summed E-state index contributed by atoms with van der Waals surface area (Å²) in [6.07, 6.45) is 1.30. The molecule has 2 aliphatic rings. The monoisotopic (exact) mass is 184 g/mol. The number of nitrogens with two attached hydrogens (primary N) is 1. The second kappa shape index (κ2) is 3.56. The maximum Gasteiger partial charge on any atom is 0.0548 e. The Balaban J connectivity index is 1.88. The molecular formula is C10H20N2O. The molecule has 2 N–H and O–H groups in total. The van der Waals surface area contributed by atoms with Crippen molar-refractivity contribution in [2.24, 2.45) is 17.1 Å². The molecule has 3 heteroatoms. The van der Waals surface area contributed by atoms with Crippen molar-refractivity contribution in [1.29, 1.82) is 0 Å². The van der Waals surface area contributed by atoms with Gasteiger partial charge in [-0.05, 0) is 18.9 Å². The van der Waals surface area contributed by atoms with Crippen LogP contribution in [0, 0.1) is 11.3 Å². The van der Waals surface area contributed by atoms with Gasteiger partial charge in [-0.25, -0.2) is 0 Å². The van der Waals surface area contributed by atoms with Crippen LogP contribution in [0.4, 0.5) is 0 Å². The number of piperidine rings is 1. The molecule has 0 amide bonds. The third-order valence-corrected chi connectivity index (χ3v) is 3.73. The summed E-state index contributed by atoms with van der Waals surface area (Å²) in [4.78, 5) is 2.48. The molecule has 2 rings (SSSR count). The van der Waals surface area contributed by atoms with E-state index in [1.54, 1.807) is 0 Å². The van der Waals surface area contributed by atoms with E-state index in [1.807, 2.05) is 0 Å². The lowest BCUT2D eigenvalue weighted by molar-refractivity contribution is -0.167. The highest BCUT2D eigenvalue weighted by molar-refractivity contribution is 4.95. The highest BCUT2D eigenvalue weighted by atomic mass is 16.5. The summed E-state index contributed by atoms with van der Waals surface area (Å²) in [6.45, 7) is 8.60. The van der Waals surface area contributed by atoms with Gasteiger partial charge in [-0.2, -0.15) is 0 Å². The number of hydrogen-bond acceptors (Lipinski definition) is 3. The van der Waals surface area contributed by atoms with Crippen LogP contribution in [0.15, 0.2) is 0 Å². The first-order chi connectivity index (χ1) is 6.27. The Morgan fingerprint density at radius 2 is 2.31 bits per heavy atom. The van der Waals surface area contributed by atoms with Crippen LogP contribution >= 0.6 is 0 Å². The Hall–Kier alpha value is -0.120. The normalized spacial score (nSPS) is 33.2. The van der Waals surface area contributed by atoms with E-state index in [0.717, 1.165) is 32.2 Å². The zero-order valence-electron chi connectivity index (χ0n) is 8.46. The summed E-state index contributed by atoms with van der Waals surface area (Å²) < 4.78 is 5.34. The van der Waals surface area contributed by atoms with Crippen molar-refractivity contribution in [3.05, 3.63) is 0 Å². The van der Waals surface area contributed by atoms with Crippen molar-refractivity contribution in [3.63, 3.8) is 0 Å². The Morgan fingerprint density at radius 3 is 2.77 bits per heavy atom. The molecule has 0 bridgehead atoms. The first-order valence-corrected chi connectivity index (χ1v) is 5.27. The highest BCUT2D eigenvalue weighted by Gasteiger charge is 2.46. The van der Waals surface area contributed by atoms with E-state index in [-0.39, 0.29) is 0 Å². The molecule has 0 aromatic rings. The molecule has 0 saturated carbocycles. The number of rotatable bonds is 2. The third-order valence-electron chi connectivity index (χ3n) is 3.73. The lowest BCUT2D eigenvalue weighted by Crippen LogP contribution is -2.56. The van der Waals surface area contributed by atoms with E-state index in [9.17, 15) is 0 Å². The van der Waals surface area contributed by atoms with Gasteiger partial charge in [-0.3, -0.25) is 0 Å². The second-order valence-electron chi connectivity index (χ2n) is 4.60. The van der Waals surface area contributed by atoms with Crippen LogP contribution in [-0.4, -0.2) is 44.3 Å². The molecular weight excluding hydrogens is 164 g/mol. The molecule has 2 aliphatic heterocycles. The van der Waals surface area contributed by atoms with E-state index >= 15 is 0 Å². The van der Waals surface area contributed by atoms with Crippen LogP contribution in [0.5, 0.6) is 0 Å². The predicted octanol–water partition coefficient (Wildman–Crippen LogP) is 0.303. The Morgan fingerprint density at radius 1 is 1.54 bits per heavy atom. The minimum absolute atomic E-state index is 0.533. The highest BCUT2D eigenvalue weighted by Crippen LogP contribution is 2.42. The first kappa shape index (κ1) is 9.44. The van der Waals surface area contributed by atoms with Gasteiger partial charge in [-0.15, -0.1) is 0 Å². The minimum Gasteiger partial charge on any atom is -0.380 e. The summed E-state index contributed by atoms with van der Waals surface area (Å²) in [7, 11) is 0. The van der Waals surface area contributed by atoms with Gasteiger partial charge in [0.25, 0.3) is 0 Å². The van der Waals surface area contributed by atoms with Crippen molar-refractivity contribution in [2.75, 3.05) is 39.4 Å². The molecule has 0 radical (unpaired) electrons. The summed E-state index contributed by atoms with van der Waals surface area (Å²) in [6, 6.07) is 0. The summed E-state index contributed by atoms with van der Waals surface area (Å²) >= 11 is 0. The van der Waals surface area contributed by atoms with E-state index in [2.05, 4.69) is 11.8 Å². The molecule has 2 saturated heterocycles. The predicted molar refractivity (Wildman–Crippen MR) is 52.5 cm³/mol. The standard InChI is InChI=1S/C10H20N2O/c1-9-6-12(5-3-11)4-2-10(9)7-13-8-10/h9H,2-8,11H2,1H3. The molecule has 3 nitrogen and oxygen atoms in total. The average Bonchev–Trinajstić information content (AvgIpc) is 2.02. The summed E-state index contributed by atoms with van der Waals surface area (Å²) in [5.74, 6) is 0.779. The van der Waals surface area contributed by atoms with Crippen LogP contribution in [-0.2, 0) is 4.74 Å².